The first-order valence-electron chi connectivity index (χ1n) is 9.49. The van der Waals surface area contributed by atoms with Crippen LogP contribution in [0.1, 0.15) is 31.9 Å². The van der Waals surface area contributed by atoms with Gasteiger partial charge in [-0.2, -0.15) is 0 Å². The van der Waals surface area contributed by atoms with E-state index in [1.165, 1.54) is 0 Å². The Balaban J connectivity index is 0.000000257. The van der Waals surface area contributed by atoms with Gasteiger partial charge in [0.2, 0.25) is 0 Å². The van der Waals surface area contributed by atoms with E-state index in [1.807, 2.05) is 31.4 Å². The monoisotopic (exact) mass is 412 g/mol. The molecule has 3 aromatic rings. The number of thiazole rings is 1. The third kappa shape index (κ3) is 6.87. The van der Waals surface area contributed by atoms with Crippen molar-refractivity contribution >= 4 is 33.0 Å². The lowest BCUT2D eigenvalue weighted by atomic mass is 10.1. The van der Waals surface area contributed by atoms with Crippen LogP contribution in [0.25, 0.3) is 10.2 Å². The minimum Gasteiger partial charge on any atom is -0.497 e. The fraction of sp³-hybridized carbons (Fsp3) is 0.318. The fourth-order valence-electron chi connectivity index (χ4n) is 2.55. The van der Waals surface area contributed by atoms with E-state index in [4.69, 9.17) is 4.74 Å². The lowest BCUT2D eigenvalue weighted by Crippen LogP contribution is -2.16. The van der Waals surface area contributed by atoms with Crippen molar-refractivity contribution in [2.75, 3.05) is 19.1 Å². The van der Waals surface area contributed by atoms with Gasteiger partial charge < -0.3 is 19.4 Å². The number of carbonyl (C=O) groups excluding carboxylic acids is 1. The van der Waals surface area contributed by atoms with Gasteiger partial charge in [0.25, 0.3) is 0 Å². The van der Waals surface area contributed by atoms with Gasteiger partial charge in [-0.25, -0.2) is 9.97 Å². The van der Waals surface area contributed by atoms with Crippen molar-refractivity contribution in [3.05, 3.63) is 60.7 Å². The third-order valence-electron chi connectivity index (χ3n) is 4.15. The average Bonchev–Trinajstić information content (AvgIpc) is 3.40. The van der Waals surface area contributed by atoms with Gasteiger partial charge in [-0.3, -0.25) is 0 Å². The maximum atomic E-state index is 10.0. The number of nitrogens with one attached hydrogen (secondary N) is 1. The van der Waals surface area contributed by atoms with E-state index in [0.717, 1.165) is 58.0 Å². The number of hydrogen-bond acceptors (Lipinski definition) is 6. The second-order valence-electron chi connectivity index (χ2n) is 6.41. The Hall–Kier alpha value is -2.93. The molecule has 0 fully saturated rings. The van der Waals surface area contributed by atoms with Crippen LogP contribution in [0, 0.1) is 0 Å². The molecular weight excluding hydrogens is 384 g/mol. The van der Waals surface area contributed by atoms with Crippen LogP contribution in [0.4, 0.5) is 5.13 Å². The molecular formula is C22H28N4O2S. The molecule has 0 amide bonds. The number of carbonyl (C=O) groups is 1. The first-order chi connectivity index (χ1) is 14.1. The molecule has 0 bridgehead atoms. The third-order valence-corrected chi connectivity index (χ3v) is 5.28. The largest absolute Gasteiger partial charge is 0.497 e. The summed E-state index contributed by atoms with van der Waals surface area (Å²) in [5.74, 6) is 0.860. The van der Waals surface area contributed by atoms with Crippen LogP contribution in [0.2, 0.25) is 0 Å². The van der Waals surface area contributed by atoms with Crippen LogP contribution in [0.5, 0.6) is 5.75 Å². The van der Waals surface area contributed by atoms with Crippen molar-refractivity contribution in [2.24, 2.45) is 0 Å². The molecule has 29 heavy (non-hydrogen) atoms. The Morgan fingerprint density at radius 1 is 1.41 bits per heavy atom. The molecule has 6 nitrogen and oxygen atoms in total. The molecule has 3 rings (SSSR count). The molecule has 0 saturated carbocycles. The first-order valence-corrected chi connectivity index (χ1v) is 10.3. The number of aromatic amines is 1. The van der Waals surface area contributed by atoms with Gasteiger partial charge in [0.1, 0.15) is 12.0 Å². The number of nitrogens with zero attached hydrogens (tertiary/aromatic N) is 3. The highest BCUT2D eigenvalue weighted by molar-refractivity contribution is 7.22. The number of unbranched alkanes of at least 4 members (excludes halogenated alkanes) is 1. The molecule has 7 heteroatoms. The van der Waals surface area contributed by atoms with Gasteiger partial charge in [-0.15, -0.1) is 0 Å². The lowest BCUT2D eigenvalue weighted by Gasteiger charge is -2.13. The maximum absolute atomic E-state index is 10.0. The zero-order valence-corrected chi connectivity index (χ0v) is 18.0. The number of ether oxygens (including phenoxy) is 1. The highest BCUT2D eigenvalue weighted by atomic mass is 32.1. The number of anilines is 1. The number of imidazole rings is 1. The van der Waals surface area contributed by atoms with Crippen molar-refractivity contribution in [3.63, 3.8) is 0 Å². The Morgan fingerprint density at radius 2 is 2.24 bits per heavy atom. The number of aromatic nitrogens is 3. The van der Waals surface area contributed by atoms with Crippen LogP contribution in [0.15, 0.2) is 55.0 Å². The van der Waals surface area contributed by atoms with E-state index in [-0.39, 0.29) is 0 Å². The lowest BCUT2D eigenvalue weighted by molar-refractivity contribution is -0.107. The van der Waals surface area contributed by atoms with Crippen LogP contribution >= 0.6 is 11.3 Å². The van der Waals surface area contributed by atoms with Gasteiger partial charge in [-0.1, -0.05) is 43.4 Å². The van der Waals surface area contributed by atoms with Crippen molar-refractivity contribution in [3.8, 4) is 5.75 Å². The van der Waals surface area contributed by atoms with E-state index >= 15 is 0 Å². The average molecular weight is 413 g/mol. The predicted octanol–water partition coefficient (Wildman–Crippen LogP) is 5.15. The minimum absolute atomic E-state index is 0.503. The number of rotatable bonds is 9. The number of methoxy groups -OCH3 is 1. The molecule has 2 heterocycles. The van der Waals surface area contributed by atoms with Crippen LogP contribution in [-0.2, 0) is 11.3 Å². The quantitative estimate of drug-likeness (QED) is 0.389. The molecule has 0 unspecified atom stereocenters. The fourth-order valence-corrected chi connectivity index (χ4v) is 3.51. The topological polar surface area (TPSA) is 71.1 Å². The van der Waals surface area contributed by atoms with Gasteiger partial charge in [0.05, 0.1) is 35.9 Å². The summed E-state index contributed by atoms with van der Waals surface area (Å²) in [5.41, 5.74) is 3.11. The zero-order valence-electron chi connectivity index (χ0n) is 17.2. The van der Waals surface area contributed by atoms with Gasteiger partial charge in [-0.05, 0) is 30.2 Å². The highest BCUT2D eigenvalue weighted by Gasteiger charge is 2.10. The molecule has 0 saturated heterocycles. The first kappa shape index (κ1) is 22.4. The number of hydrogen-bond donors (Lipinski definition) is 1. The number of H-pyrrole nitrogens is 1. The van der Waals surface area contributed by atoms with Crippen molar-refractivity contribution in [2.45, 2.75) is 32.7 Å². The second kappa shape index (κ2) is 11.8. The summed E-state index contributed by atoms with van der Waals surface area (Å²) in [7, 11) is 3.70. The van der Waals surface area contributed by atoms with E-state index < -0.39 is 0 Å². The van der Waals surface area contributed by atoms with Gasteiger partial charge >= 0.3 is 0 Å². The Morgan fingerprint density at radius 3 is 2.86 bits per heavy atom. The highest BCUT2D eigenvalue weighted by Crippen LogP contribution is 2.31. The molecule has 0 radical (unpaired) electrons. The Labute approximate surface area is 175 Å². The van der Waals surface area contributed by atoms with E-state index in [9.17, 15) is 4.79 Å². The second-order valence-corrected chi connectivity index (χ2v) is 7.41. The molecule has 2 aromatic heterocycles. The summed E-state index contributed by atoms with van der Waals surface area (Å²) in [6.07, 6.45) is 10.9. The molecule has 0 aliphatic heterocycles. The molecule has 0 atom stereocenters. The van der Waals surface area contributed by atoms with Crippen molar-refractivity contribution in [1.29, 1.82) is 0 Å². The van der Waals surface area contributed by atoms with Crippen LogP contribution in [0.3, 0.4) is 0 Å². The number of benzene rings is 1. The Kier molecular flexibility index (Phi) is 9.11. The van der Waals surface area contributed by atoms with Crippen molar-refractivity contribution < 1.29 is 9.53 Å². The summed E-state index contributed by atoms with van der Waals surface area (Å²) in [6.45, 7) is 6.48. The maximum Gasteiger partial charge on any atom is 0.186 e. The number of fused-ring (bicyclic) bond motifs is 1. The van der Waals surface area contributed by atoms with Crippen molar-refractivity contribution in [1.82, 2.24) is 15.0 Å². The smallest absolute Gasteiger partial charge is 0.186 e. The van der Waals surface area contributed by atoms with Crippen LogP contribution < -0.4 is 9.64 Å². The normalized spacial score (nSPS) is 10.9. The number of aldehydes is 1. The van der Waals surface area contributed by atoms with Gasteiger partial charge in [0.15, 0.2) is 5.13 Å². The van der Waals surface area contributed by atoms with E-state index in [1.54, 1.807) is 30.8 Å². The molecule has 1 N–H and O–H groups in total. The molecule has 0 spiro atoms. The summed E-state index contributed by atoms with van der Waals surface area (Å²) in [6, 6.07) is 5.93. The molecule has 0 aliphatic carbocycles. The van der Waals surface area contributed by atoms with E-state index in [0.29, 0.717) is 6.42 Å². The summed E-state index contributed by atoms with van der Waals surface area (Å²) < 4.78 is 6.36. The standard InChI is InChI=1S/C13H14N4OS.C9H14O/c1-17(7-9-6-14-8-15-9)13-16-11-4-3-10(18-2)5-12(11)19-13;1-3-5-6-9(4-2)7-8-10/h3-6,8H,7H2,1-2H3,(H,14,15);4,6,8H,2-3,5,7H2,1H3/b;9-6+. The van der Waals surface area contributed by atoms with E-state index in [2.05, 4.69) is 39.4 Å². The number of allylic oxidation sites excluding steroid dienone is 3. The predicted molar refractivity (Wildman–Crippen MR) is 121 cm³/mol. The molecule has 154 valence electrons. The Bertz CT molecular complexity index is 932. The SMILES string of the molecule is C=C/C(=C\CCC)CC=O.COc1ccc2nc(N(C)Cc3cnc[nH]3)sc2c1. The molecule has 1 aromatic carbocycles. The minimum atomic E-state index is 0.503. The van der Waals surface area contributed by atoms with Gasteiger partial charge in [0, 0.05) is 19.7 Å². The molecule has 0 aliphatic rings. The summed E-state index contributed by atoms with van der Waals surface area (Å²) in [5, 5.41) is 0.984. The van der Waals surface area contributed by atoms with Crippen LogP contribution in [-0.4, -0.2) is 35.4 Å². The zero-order chi connectivity index (χ0) is 21.1. The summed E-state index contributed by atoms with van der Waals surface area (Å²) in [4.78, 5) is 23.9. The summed E-state index contributed by atoms with van der Waals surface area (Å²) >= 11 is 1.66.